The summed E-state index contributed by atoms with van der Waals surface area (Å²) in [7, 11) is 0. The van der Waals surface area contributed by atoms with Crippen molar-refractivity contribution in [1.29, 1.82) is 0 Å². The molecule has 1 aromatic heterocycles. The largest absolute Gasteiger partial charge is 0.507 e. The molecule has 0 spiro atoms. The Hall–Kier alpha value is -5.71. The van der Waals surface area contributed by atoms with Gasteiger partial charge in [0.05, 0.1) is 12.1 Å². The van der Waals surface area contributed by atoms with Crippen molar-refractivity contribution in [3.8, 4) is 0 Å². The van der Waals surface area contributed by atoms with Crippen LogP contribution < -0.4 is 10.5 Å². The van der Waals surface area contributed by atoms with Crippen LogP contribution in [0.1, 0.15) is 22.3 Å². The summed E-state index contributed by atoms with van der Waals surface area (Å²) < 4.78 is 57.9. The lowest BCUT2D eigenvalue weighted by molar-refractivity contribution is -0.142. The topological polar surface area (TPSA) is 82.8 Å². The summed E-state index contributed by atoms with van der Waals surface area (Å²) in [5, 5.41) is 13.1. The van der Waals surface area contributed by atoms with E-state index in [0.717, 1.165) is 33.2 Å². The molecule has 48 heavy (non-hydrogen) atoms. The van der Waals surface area contributed by atoms with E-state index in [2.05, 4.69) is 4.90 Å². The van der Waals surface area contributed by atoms with Crippen LogP contribution in [0.5, 0.6) is 0 Å². The lowest BCUT2D eigenvalue weighted by Gasteiger charge is -2.36. The summed E-state index contributed by atoms with van der Waals surface area (Å²) in [6.45, 7) is 1.20. The molecule has 7 nitrogen and oxygen atoms in total. The number of halogens is 4. The van der Waals surface area contributed by atoms with Gasteiger partial charge in [0.2, 0.25) is 5.78 Å². The minimum absolute atomic E-state index is 0.0766. The molecule has 11 heteroatoms. The van der Waals surface area contributed by atoms with E-state index in [4.69, 9.17) is 0 Å². The van der Waals surface area contributed by atoms with Crippen molar-refractivity contribution in [1.82, 2.24) is 9.47 Å². The van der Waals surface area contributed by atoms with Crippen molar-refractivity contribution in [3.63, 3.8) is 0 Å². The number of carbonyl (C=O) groups excluding carboxylic acids is 2. The highest BCUT2D eigenvalue weighted by molar-refractivity contribution is 6.41. The second-order valence-corrected chi connectivity index (χ2v) is 11.5. The number of aliphatic hydroxyl groups is 1. The number of hydrogen-bond acceptors (Lipinski definition) is 5. The van der Waals surface area contributed by atoms with E-state index in [-0.39, 0.29) is 25.2 Å². The third-order valence-electron chi connectivity index (χ3n) is 8.33. The van der Waals surface area contributed by atoms with Crippen LogP contribution in [0.2, 0.25) is 0 Å². The van der Waals surface area contributed by atoms with Gasteiger partial charge in [0.1, 0.15) is 17.4 Å². The number of aromatic nitrogens is 1. The van der Waals surface area contributed by atoms with Crippen LogP contribution in [0.25, 0.3) is 16.5 Å². The molecule has 0 saturated carbocycles. The molecule has 0 atom stereocenters. The van der Waals surface area contributed by atoms with Crippen LogP contribution in [-0.4, -0.2) is 52.4 Å². The number of carbonyl (C=O) groups is 2. The highest BCUT2D eigenvalue weighted by Crippen LogP contribution is 2.28. The Bertz CT molecular complexity index is 2130. The number of piperazine rings is 1. The number of pyridine rings is 1. The molecule has 6 rings (SSSR count). The third-order valence-corrected chi connectivity index (χ3v) is 8.33. The fourth-order valence-electron chi connectivity index (χ4n) is 5.92. The van der Waals surface area contributed by atoms with Gasteiger partial charge in [-0.25, -0.2) is 17.6 Å². The highest BCUT2D eigenvalue weighted by atomic mass is 19.2. The molecule has 1 saturated heterocycles. The van der Waals surface area contributed by atoms with E-state index in [0.29, 0.717) is 30.8 Å². The van der Waals surface area contributed by atoms with Crippen molar-refractivity contribution in [2.45, 2.75) is 13.0 Å². The van der Waals surface area contributed by atoms with Crippen LogP contribution in [-0.2, 0) is 22.6 Å². The molecule has 0 unspecified atom stereocenters. The Morgan fingerprint density at radius 3 is 2.27 bits per heavy atom. The number of hydrogen-bond donors (Lipinski definition) is 1. The number of benzene rings is 4. The predicted molar refractivity (Wildman–Crippen MR) is 174 cm³/mol. The number of rotatable bonds is 8. The van der Waals surface area contributed by atoms with Crippen LogP contribution in [0.3, 0.4) is 0 Å². The number of nitrogens with zero attached hydrogens (tertiary/aromatic N) is 3. The maximum atomic E-state index is 14.5. The number of fused-ring (bicyclic) bond motifs is 1. The number of aliphatic hydroxyl groups excluding tert-OH is 1. The Kier molecular flexibility index (Phi) is 9.11. The van der Waals surface area contributed by atoms with Gasteiger partial charge in [0, 0.05) is 61.5 Å². The molecule has 1 aliphatic rings. The van der Waals surface area contributed by atoms with E-state index in [9.17, 15) is 37.1 Å². The Morgan fingerprint density at radius 1 is 0.792 bits per heavy atom. The monoisotopic (exact) mass is 655 g/mol. The first-order chi connectivity index (χ1) is 23.1. The van der Waals surface area contributed by atoms with E-state index < -0.39 is 63.8 Å². The highest BCUT2D eigenvalue weighted by Gasteiger charge is 2.27. The SMILES string of the molecule is O=C(/C=C(\O)c1cc(Cc2c(F)ccc(F)c2F)cn(Cc2cccc(F)c2)c1=O)C(=O)N1CCN(c2cccc3ccccc23)CC1. The molecule has 2 heterocycles. The average molecular weight is 656 g/mol. The fraction of sp³-hybridized carbons (Fsp3) is 0.162. The van der Waals surface area contributed by atoms with Gasteiger partial charge in [-0.3, -0.25) is 14.4 Å². The maximum absolute atomic E-state index is 14.5. The molecule has 1 N–H and O–H groups in total. The van der Waals surface area contributed by atoms with Gasteiger partial charge in [0.15, 0.2) is 11.6 Å². The van der Waals surface area contributed by atoms with Gasteiger partial charge < -0.3 is 19.5 Å². The first-order valence-electron chi connectivity index (χ1n) is 15.2. The number of anilines is 1. The maximum Gasteiger partial charge on any atom is 0.294 e. The molecular formula is C37H29F4N3O4. The van der Waals surface area contributed by atoms with Gasteiger partial charge in [-0.2, -0.15) is 0 Å². The zero-order valence-corrected chi connectivity index (χ0v) is 25.5. The van der Waals surface area contributed by atoms with Crippen LogP contribution >= 0.6 is 0 Å². The van der Waals surface area contributed by atoms with E-state index in [1.807, 2.05) is 42.5 Å². The van der Waals surface area contributed by atoms with E-state index >= 15 is 0 Å². The molecule has 0 radical (unpaired) electrons. The molecule has 0 aliphatic carbocycles. The molecule has 1 amide bonds. The summed E-state index contributed by atoms with van der Waals surface area (Å²) in [6.07, 6.45) is 1.36. The zero-order chi connectivity index (χ0) is 33.9. The Morgan fingerprint density at radius 2 is 1.50 bits per heavy atom. The second-order valence-electron chi connectivity index (χ2n) is 11.5. The normalized spacial score (nSPS) is 13.6. The number of ketones is 1. The summed E-state index contributed by atoms with van der Waals surface area (Å²) in [5.41, 5.74) is -0.428. The van der Waals surface area contributed by atoms with Crippen molar-refractivity contribution in [2.24, 2.45) is 0 Å². The van der Waals surface area contributed by atoms with Crippen LogP contribution in [0.4, 0.5) is 23.2 Å². The molecule has 4 aromatic carbocycles. The Labute approximate surface area is 272 Å². The first-order valence-corrected chi connectivity index (χ1v) is 15.2. The van der Waals surface area contributed by atoms with Gasteiger partial charge in [-0.1, -0.05) is 48.5 Å². The molecule has 5 aromatic rings. The van der Waals surface area contributed by atoms with Crippen LogP contribution in [0.15, 0.2) is 102 Å². The Balaban J connectivity index is 1.25. The van der Waals surface area contributed by atoms with E-state index in [1.54, 1.807) is 6.07 Å². The van der Waals surface area contributed by atoms with Crippen LogP contribution in [0, 0.1) is 23.3 Å². The summed E-state index contributed by atoms with van der Waals surface area (Å²) in [4.78, 5) is 43.1. The zero-order valence-electron chi connectivity index (χ0n) is 25.5. The van der Waals surface area contributed by atoms with Crippen molar-refractivity contribution < 1.29 is 32.3 Å². The summed E-state index contributed by atoms with van der Waals surface area (Å²) in [5.74, 6) is -7.08. The predicted octanol–water partition coefficient (Wildman–Crippen LogP) is 6.01. The van der Waals surface area contributed by atoms with Gasteiger partial charge in [0.25, 0.3) is 11.5 Å². The van der Waals surface area contributed by atoms with E-state index in [1.165, 1.54) is 29.3 Å². The molecule has 1 fully saturated rings. The standard InChI is InChI=1S/C37H29F4N3O4/c38-26-8-3-5-23(17-26)21-44-22-24(18-28-30(39)11-12-31(40)35(28)41)19-29(36(44)47)33(45)20-34(46)37(48)43-15-13-42(14-16-43)32-10-4-7-25-6-1-2-9-27(25)32/h1-12,17,19-20,22,45H,13-16,18,21H2/b33-20-. The van der Waals surface area contributed by atoms with Crippen molar-refractivity contribution in [2.75, 3.05) is 31.1 Å². The molecule has 0 bridgehead atoms. The first kappa shape index (κ1) is 32.2. The number of amides is 1. The lowest BCUT2D eigenvalue weighted by atomic mass is 10.0. The molecular weight excluding hydrogens is 626 g/mol. The smallest absolute Gasteiger partial charge is 0.294 e. The minimum atomic E-state index is -1.42. The lowest BCUT2D eigenvalue weighted by Crippen LogP contribution is -2.50. The third kappa shape index (κ3) is 6.71. The van der Waals surface area contributed by atoms with Gasteiger partial charge >= 0.3 is 0 Å². The average Bonchev–Trinajstić information content (AvgIpc) is 3.09. The summed E-state index contributed by atoms with van der Waals surface area (Å²) >= 11 is 0. The van der Waals surface area contributed by atoms with Gasteiger partial charge in [-0.05, 0) is 52.9 Å². The quantitative estimate of drug-likeness (QED) is 0.0728. The van der Waals surface area contributed by atoms with Crippen molar-refractivity contribution >= 4 is 33.9 Å². The van der Waals surface area contributed by atoms with Gasteiger partial charge in [-0.15, -0.1) is 0 Å². The summed E-state index contributed by atoms with van der Waals surface area (Å²) in [6, 6.07) is 21.8. The fourth-order valence-corrected chi connectivity index (χ4v) is 5.92. The van der Waals surface area contributed by atoms with Crippen molar-refractivity contribution in [3.05, 3.63) is 153 Å². The molecule has 1 aliphatic heterocycles. The molecule has 244 valence electrons. The second kappa shape index (κ2) is 13.6. The minimum Gasteiger partial charge on any atom is -0.507 e.